The van der Waals surface area contributed by atoms with Crippen LogP contribution in [0.4, 0.5) is 0 Å². The van der Waals surface area contributed by atoms with Gasteiger partial charge in [-0.3, -0.25) is 4.79 Å². The molecule has 0 radical (unpaired) electrons. The molecule has 1 N–H and O–H groups in total. The van der Waals surface area contributed by atoms with E-state index >= 15 is 0 Å². The number of hydrogen-bond acceptors (Lipinski definition) is 4. The summed E-state index contributed by atoms with van der Waals surface area (Å²) in [5.41, 5.74) is 0.610. The summed E-state index contributed by atoms with van der Waals surface area (Å²) >= 11 is 5.91. The zero-order chi connectivity index (χ0) is 17.5. The van der Waals surface area contributed by atoms with Gasteiger partial charge in [0.1, 0.15) is 6.61 Å². The average Bonchev–Trinajstić information content (AvgIpc) is 2.47. The number of nitrogens with zero attached hydrogens (tertiary/aromatic N) is 2. The third-order valence-electron chi connectivity index (χ3n) is 3.45. The number of benzene rings is 1. The number of carbonyl (C=O) groups excluding carboxylic acids is 1. The molecule has 0 aliphatic rings. The molecule has 0 saturated heterocycles. The molecule has 0 aliphatic carbocycles. The predicted molar refractivity (Wildman–Crippen MR) is 95.0 cm³/mol. The van der Waals surface area contributed by atoms with Crippen LogP contribution in [0, 0.1) is 0 Å². The van der Waals surface area contributed by atoms with Crippen molar-refractivity contribution in [1.82, 2.24) is 10.2 Å². The van der Waals surface area contributed by atoms with Gasteiger partial charge in [-0.05, 0) is 46.5 Å². The molecule has 1 aromatic carbocycles. The maximum absolute atomic E-state index is 12.6. The Morgan fingerprint density at radius 2 is 1.91 bits per heavy atom. The minimum atomic E-state index is -0.312. The van der Waals surface area contributed by atoms with Crippen molar-refractivity contribution in [3.8, 4) is 0 Å². The minimum Gasteiger partial charge on any atom is -0.394 e. The molecule has 23 heavy (non-hydrogen) atoms. The summed E-state index contributed by atoms with van der Waals surface area (Å²) in [4.78, 5) is 19.9. The van der Waals surface area contributed by atoms with E-state index in [0.29, 0.717) is 17.2 Å². The Morgan fingerprint density at radius 3 is 2.43 bits per heavy atom. The lowest BCUT2D eigenvalue weighted by molar-refractivity contribution is -0.116. The third-order valence-corrected chi connectivity index (χ3v) is 3.71. The number of nitrogens with one attached hydrogen (secondary N) is 1. The highest BCUT2D eigenvalue weighted by Crippen LogP contribution is 2.13. The molecule has 0 unspecified atom stereocenters. The van der Waals surface area contributed by atoms with Crippen molar-refractivity contribution in [2.45, 2.75) is 32.7 Å². The first-order valence-electron chi connectivity index (χ1n) is 7.68. The van der Waals surface area contributed by atoms with Gasteiger partial charge < -0.3 is 15.1 Å². The van der Waals surface area contributed by atoms with Crippen LogP contribution in [0.25, 0.3) is 0 Å². The van der Waals surface area contributed by atoms with Crippen LogP contribution in [0.2, 0.25) is 5.02 Å². The van der Waals surface area contributed by atoms with Crippen molar-refractivity contribution < 1.29 is 9.63 Å². The highest BCUT2D eigenvalue weighted by Gasteiger charge is 2.23. The summed E-state index contributed by atoms with van der Waals surface area (Å²) in [5, 5.41) is 7.63. The smallest absolute Gasteiger partial charge is 0.274 e. The molecule has 1 aromatic rings. The van der Waals surface area contributed by atoms with Crippen LogP contribution in [0.3, 0.4) is 0 Å². The maximum Gasteiger partial charge on any atom is 0.274 e. The summed E-state index contributed by atoms with van der Waals surface area (Å²) in [6.45, 7) is 7.09. The molecular formula is C17H26ClN3O2. The van der Waals surface area contributed by atoms with E-state index in [1.54, 1.807) is 24.3 Å². The fourth-order valence-electron chi connectivity index (χ4n) is 1.62. The van der Waals surface area contributed by atoms with E-state index < -0.39 is 0 Å². The third kappa shape index (κ3) is 7.01. The molecular weight excluding hydrogens is 314 g/mol. The van der Waals surface area contributed by atoms with E-state index in [2.05, 4.69) is 10.5 Å². The highest BCUT2D eigenvalue weighted by atomic mass is 35.5. The number of carbonyl (C=O) groups is 1. The van der Waals surface area contributed by atoms with E-state index in [-0.39, 0.29) is 17.2 Å². The van der Waals surface area contributed by atoms with Gasteiger partial charge in [0.05, 0.1) is 0 Å². The molecule has 128 valence electrons. The van der Waals surface area contributed by atoms with Crippen LogP contribution in [0.1, 0.15) is 32.8 Å². The van der Waals surface area contributed by atoms with E-state index in [0.717, 1.165) is 13.0 Å². The lowest BCUT2D eigenvalue weighted by Crippen LogP contribution is -2.46. The number of likely N-dealkylation sites (N-methyl/N-ethyl adjacent to an activating group) is 1. The first kappa shape index (κ1) is 19.5. The molecule has 0 saturated carbocycles. The van der Waals surface area contributed by atoms with Crippen molar-refractivity contribution in [1.29, 1.82) is 0 Å². The summed E-state index contributed by atoms with van der Waals surface area (Å²) in [5.74, 6) is -0.260. The van der Waals surface area contributed by atoms with Gasteiger partial charge in [0, 0.05) is 22.7 Å². The van der Waals surface area contributed by atoms with E-state index in [1.165, 1.54) is 0 Å². The SMILES string of the molecule is CCC(C)(C)NC(=O)/C(=N/OCCN(C)C)c1ccc(Cl)cc1. The number of amides is 1. The van der Waals surface area contributed by atoms with Gasteiger partial charge in [-0.25, -0.2) is 0 Å². The predicted octanol–water partition coefficient (Wildman–Crippen LogP) is 2.93. The summed E-state index contributed by atoms with van der Waals surface area (Å²) < 4.78 is 0. The largest absolute Gasteiger partial charge is 0.394 e. The van der Waals surface area contributed by atoms with Crippen LogP contribution in [-0.2, 0) is 9.63 Å². The minimum absolute atomic E-state index is 0.252. The van der Waals surface area contributed by atoms with Crippen molar-refractivity contribution in [3.63, 3.8) is 0 Å². The molecule has 0 aromatic heterocycles. The van der Waals surface area contributed by atoms with Crippen LogP contribution < -0.4 is 5.32 Å². The molecule has 6 heteroatoms. The second-order valence-electron chi connectivity index (χ2n) is 6.27. The summed E-state index contributed by atoms with van der Waals surface area (Å²) in [7, 11) is 3.90. The molecule has 0 atom stereocenters. The first-order chi connectivity index (χ1) is 10.7. The van der Waals surface area contributed by atoms with Gasteiger partial charge >= 0.3 is 0 Å². The number of halogens is 1. The lowest BCUT2D eigenvalue weighted by atomic mass is 10.0. The zero-order valence-electron chi connectivity index (χ0n) is 14.5. The fraction of sp³-hybridized carbons (Fsp3) is 0.529. The van der Waals surface area contributed by atoms with Gasteiger partial charge in [-0.2, -0.15) is 0 Å². The van der Waals surface area contributed by atoms with Crippen LogP contribution in [0.15, 0.2) is 29.4 Å². The van der Waals surface area contributed by atoms with Crippen molar-refractivity contribution in [2.75, 3.05) is 27.2 Å². The molecule has 0 bridgehead atoms. The normalized spacial score (nSPS) is 12.4. The van der Waals surface area contributed by atoms with Gasteiger partial charge in [0.15, 0.2) is 5.71 Å². The Bertz CT molecular complexity index is 539. The Balaban J connectivity index is 2.94. The summed E-state index contributed by atoms with van der Waals surface area (Å²) in [6.07, 6.45) is 0.814. The van der Waals surface area contributed by atoms with E-state index in [4.69, 9.17) is 16.4 Å². The zero-order valence-corrected chi connectivity index (χ0v) is 15.3. The second-order valence-corrected chi connectivity index (χ2v) is 6.71. The molecule has 1 rings (SSSR count). The van der Waals surface area contributed by atoms with Gasteiger partial charge in [-0.1, -0.05) is 35.8 Å². The monoisotopic (exact) mass is 339 g/mol. The molecule has 0 aliphatic heterocycles. The molecule has 0 heterocycles. The van der Waals surface area contributed by atoms with Crippen LogP contribution >= 0.6 is 11.6 Å². The molecule has 0 spiro atoms. The number of rotatable bonds is 8. The highest BCUT2D eigenvalue weighted by molar-refractivity contribution is 6.45. The Hall–Kier alpha value is -1.59. The van der Waals surface area contributed by atoms with Crippen LogP contribution in [-0.4, -0.2) is 49.3 Å². The van der Waals surface area contributed by atoms with E-state index in [9.17, 15) is 4.79 Å². The first-order valence-corrected chi connectivity index (χ1v) is 8.06. The quantitative estimate of drug-likeness (QED) is 0.450. The van der Waals surface area contributed by atoms with Crippen LogP contribution in [0.5, 0.6) is 0 Å². The molecule has 0 fully saturated rings. The fourth-order valence-corrected chi connectivity index (χ4v) is 1.75. The van der Waals surface area contributed by atoms with Gasteiger partial charge in [-0.15, -0.1) is 0 Å². The maximum atomic E-state index is 12.6. The summed E-state index contributed by atoms with van der Waals surface area (Å²) in [6, 6.07) is 6.97. The standard InChI is InChI=1S/C17H26ClN3O2/c1-6-17(2,3)19-16(22)15(20-23-12-11-21(4)5)13-7-9-14(18)10-8-13/h7-10H,6,11-12H2,1-5H3,(H,19,22)/b20-15+. The Morgan fingerprint density at radius 1 is 1.30 bits per heavy atom. The second kappa shape index (κ2) is 8.89. The molecule has 5 nitrogen and oxygen atoms in total. The lowest BCUT2D eigenvalue weighted by Gasteiger charge is -2.24. The Kier molecular flexibility index (Phi) is 7.52. The van der Waals surface area contributed by atoms with Gasteiger partial charge in [0.25, 0.3) is 5.91 Å². The average molecular weight is 340 g/mol. The molecule has 1 amide bonds. The Labute approximate surface area is 143 Å². The number of hydrogen-bond donors (Lipinski definition) is 1. The van der Waals surface area contributed by atoms with Gasteiger partial charge in [0.2, 0.25) is 0 Å². The van der Waals surface area contributed by atoms with Crippen molar-refractivity contribution >= 4 is 23.2 Å². The van der Waals surface area contributed by atoms with Crippen molar-refractivity contribution in [3.05, 3.63) is 34.9 Å². The topological polar surface area (TPSA) is 53.9 Å². The van der Waals surface area contributed by atoms with Crippen molar-refractivity contribution in [2.24, 2.45) is 5.16 Å². The number of oxime groups is 1. The van der Waals surface area contributed by atoms with E-state index in [1.807, 2.05) is 39.8 Å².